The molecular formula is C18H16BrClN4O2. The Morgan fingerprint density at radius 1 is 1.08 bits per heavy atom. The molecule has 2 amide bonds. The summed E-state index contributed by atoms with van der Waals surface area (Å²) in [5.41, 5.74) is 2.08. The second-order valence-electron chi connectivity index (χ2n) is 5.63. The third-order valence-corrected chi connectivity index (χ3v) is 4.40. The van der Waals surface area contributed by atoms with Gasteiger partial charge in [-0.2, -0.15) is 0 Å². The number of imidazole rings is 1. The predicted molar refractivity (Wildman–Crippen MR) is 103 cm³/mol. The van der Waals surface area contributed by atoms with Crippen LogP contribution in [0.4, 0.5) is 0 Å². The van der Waals surface area contributed by atoms with Crippen LogP contribution < -0.4 is 10.6 Å². The van der Waals surface area contributed by atoms with Crippen molar-refractivity contribution < 1.29 is 9.59 Å². The number of halogens is 2. The Labute approximate surface area is 163 Å². The minimum Gasteiger partial charge on any atom is -0.352 e. The molecule has 0 aliphatic rings. The average molecular weight is 436 g/mol. The molecule has 2 aromatic heterocycles. The molecule has 0 bridgehead atoms. The Hall–Kier alpha value is -2.38. The van der Waals surface area contributed by atoms with E-state index in [0.29, 0.717) is 17.1 Å². The number of benzene rings is 1. The van der Waals surface area contributed by atoms with Crippen molar-refractivity contribution in [1.29, 1.82) is 0 Å². The number of hydrogen-bond acceptors (Lipinski definition) is 3. The molecule has 0 radical (unpaired) electrons. The molecule has 1 aromatic carbocycles. The maximum Gasteiger partial charge on any atom is 0.251 e. The number of nitrogens with one attached hydrogen (secondary N) is 2. The molecule has 0 saturated heterocycles. The van der Waals surface area contributed by atoms with Crippen molar-refractivity contribution >= 4 is 45.0 Å². The Bertz CT molecular complexity index is 940. The van der Waals surface area contributed by atoms with E-state index in [0.717, 1.165) is 15.8 Å². The van der Waals surface area contributed by atoms with E-state index in [1.807, 2.05) is 28.9 Å². The summed E-state index contributed by atoms with van der Waals surface area (Å²) in [5, 5.41) is 6.08. The van der Waals surface area contributed by atoms with Crippen LogP contribution in [0.3, 0.4) is 0 Å². The average Bonchev–Trinajstić information content (AvgIpc) is 3.02. The van der Waals surface area contributed by atoms with Crippen molar-refractivity contribution in [1.82, 2.24) is 20.0 Å². The smallest absolute Gasteiger partial charge is 0.251 e. The maximum atomic E-state index is 11.9. The second-order valence-corrected chi connectivity index (χ2v) is 6.99. The van der Waals surface area contributed by atoms with E-state index in [2.05, 4.69) is 31.5 Å². The van der Waals surface area contributed by atoms with E-state index in [9.17, 15) is 9.59 Å². The summed E-state index contributed by atoms with van der Waals surface area (Å²) >= 11 is 9.19. The van der Waals surface area contributed by atoms with Crippen LogP contribution in [-0.4, -0.2) is 27.7 Å². The fourth-order valence-electron chi connectivity index (χ4n) is 2.37. The molecule has 2 heterocycles. The zero-order valence-electron chi connectivity index (χ0n) is 13.7. The number of pyridine rings is 1. The number of nitrogens with zero attached hydrogens (tertiary/aromatic N) is 2. The van der Waals surface area contributed by atoms with Gasteiger partial charge in [-0.3, -0.25) is 9.59 Å². The third kappa shape index (κ3) is 4.83. The molecule has 0 unspecified atom stereocenters. The minimum atomic E-state index is -0.236. The van der Waals surface area contributed by atoms with E-state index >= 15 is 0 Å². The summed E-state index contributed by atoms with van der Waals surface area (Å²) in [4.78, 5) is 28.3. The van der Waals surface area contributed by atoms with Crippen LogP contribution in [0.1, 0.15) is 22.5 Å². The number of carbonyl (C=O) groups is 2. The summed E-state index contributed by atoms with van der Waals surface area (Å²) < 4.78 is 2.84. The van der Waals surface area contributed by atoms with Crippen molar-refractivity contribution in [2.75, 3.05) is 6.54 Å². The zero-order valence-corrected chi connectivity index (χ0v) is 16.0. The minimum absolute atomic E-state index is 0.153. The number of aromatic nitrogens is 2. The lowest BCUT2D eigenvalue weighted by molar-refractivity contribution is -0.121. The molecule has 0 atom stereocenters. The first-order chi connectivity index (χ1) is 12.5. The lowest BCUT2D eigenvalue weighted by atomic mass is 10.2. The largest absolute Gasteiger partial charge is 0.352 e. The summed E-state index contributed by atoms with van der Waals surface area (Å²) in [5.74, 6) is -0.389. The molecule has 134 valence electrons. The maximum absolute atomic E-state index is 11.9. The Morgan fingerprint density at radius 2 is 1.85 bits per heavy atom. The van der Waals surface area contributed by atoms with Crippen molar-refractivity contribution in [3.63, 3.8) is 0 Å². The molecule has 6 nitrogen and oxygen atoms in total. The van der Waals surface area contributed by atoms with Gasteiger partial charge in [-0.05, 0) is 52.3 Å². The molecule has 0 spiro atoms. The highest BCUT2D eigenvalue weighted by Gasteiger charge is 2.08. The highest BCUT2D eigenvalue weighted by molar-refractivity contribution is 9.10. The molecule has 0 fully saturated rings. The van der Waals surface area contributed by atoms with Gasteiger partial charge in [0.1, 0.15) is 5.65 Å². The number of hydrogen-bond donors (Lipinski definition) is 2. The molecule has 8 heteroatoms. The van der Waals surface area contributed by atoms with Crippen LogP contribution in [0.15, 0.2) is 53.3 Å². The summed E-state index contributed by atoms with van der Waals surface area (Å²) in [7, 11) is 0. The van der Waals surface area contributed by atoms with Gasteiger partial charge >= 0.3 is 0 Å². The molecule has 0 aliphatic heterocycles. The van der Waals surface area contributed by atoms with E-state index < -0.39 is 0 Å². The van der Waals surface area contributed by atoms with Gasteiger partial charge in [0.25, 0.3) is 5.91 Å². The normalized spacial score (nSPS) is 10.7. The fourth-order valence-corrected chi connectivity index (χ4v) is 2.85. The first-order valence-corrected chi connectivity index (χ1v) is 9.12. The number of rotatable bonds is 6. The standard InChI is InChI=1S/C18H16BrClN4O2/c19-13-3-6-16-23-15(11-24(16)10-13)9-22-17(25)7-8-21-18(26)12-1-4-14(20)5-2-12/h1-6,10-11H,7-9H2,(H,21,26)(H,22,25). The molecule has 3 aromatic rings. The number of amides is 2. The Balaban J connectivity index is 1.43. The van der Waals surface area contributed by atoms with Gasteiger partial charge in [-0.15, -0.1) is 0 Å². The zero-order chi connectivity index (χ0) is 18.5. The van der Waals surface area contributed by atoms with Crippen molar-refractivity contribution in [3.8, 4) is 0 Å². The quantitative estimate of drug-likeness (QED) is 0.624. The van der Waals surface area contributed by atoms with Crippen molar-refractivity contribution in [3.05, 3.63) is 69.5 Å². The van der Waals surface area contributed by atoms with Gasteiger partial charge in [0.2, 0.25) is 5.91 Å². The van der Waals surface area contributed by atoms with Crippen molar-refractivity contribution in [2.45, 2.75) is 13.0 Å². The van der Waals surface area contributed by atoms with E-state index in [1.54, 1.807) is 24.3 Å². The predicted octanol–water partition coefficient (Wildman–Crippen LogP) is 3.19. The number of fused-ring (bicyclic) bond motifs is 1. The van der Waals surface area contributed by atoms with Crippen LogP contribution in [0.2, 0.25) is 5.02 Å². The molecule has 0 saturated carbocycles. The van der Waals surface area contributed by atoms with Gasteiger partial charge in [-0.1, -0.05) is 11.6 Å². The third-order valence-electron chi connectivity index (χ3n) is 3.68. The monoisotopic (exact) mass is 434 g/mol. The number of carbonyl (C=O) groups excluding carboxylic acids is 2. The van der Waals surface area contributed by atoms with Crippen LogP contribution >= 0.6 is 27.5 Å². The van der Waals surface area contributed by atoms with Gasteiger partial charge < -0.3 is 15.0 Å². The van der Waals surface area contributed by atoms with Crippen LogP contribution in [0, 0.1) is 0 Å². The summed E-state index contributed by atoms with van der Waals surface area (Å²) in [6, 6.07) is 10.4. The lowest BCUT2D eigenvalue weighted by Crippen LogP contribution is -2.30. The van der Waals surface area contributed by atoms with E-state index in [-0.39, 0.29) is 24.8 Å². The summed E-state index contributed by atoms with van der Waals surface area (Å²) in [6.07, 6.45) is 3.96. The van der Waals surface area contributed by atoms with Crippen LogP contribution in [0.5, 0.6) is 0 Å². The summed E-state index contributed by atoms with van der Waals surface area (Å²) in [6.45, 7) is 0.592. The van der Waals surface area contributed by atoms with E-state index in [1.165, 1.54) is 0 Å². The van der Waals surface area contributed by atoms with Gasteiger partial charge in [0.15, 0.2) is 0 Å². The Kier molecular flexibility index (Phi) is 5.90. The van der Waals surface area contributed by atoms with Gasteiger partial charge in [0, 0.05) is 40.4 Å². The molecule has 26 heavy (non-hydrogen) atoms. The highest BCUT2D eigenvalue weighted by atomic mass is 79.9. The lowest BCUT2D eigenvalue weighted by Gasteiger charge is -2.06. The molecule has 3 rings (SSSR count). The van der Waals surface area contributed by atoms with Gasteiger partial charge in [0.05, 0.1) is 12.2 Å². The fraction of sp³-hybridized carbons (Fsp3) is 0.167. The first-order valence-electron chi connectivity index (χ1n) is 7.95. The topological polar surface area (TPSA) is 75.5 Å². The van der Waals surface area contributed by atoms with Crippen LogP contribution in [0.25, 0.3) is 5.65 Å². The second kappa shape index (κ2) is 8.33. The van der Waals surface area contributed by atoms with Gasteiger partial charge in [-0.25, -0.2) is 4.98 Å². The SMILES string of the molecule is O=C(CCNC(=O)c1ccc(Cl)cc1)NCc1cn2cc(Br)ccc2n1. The van der Waals surface area contributed by atoms with E-state index in [4.69, 9.17) is 11.6 Å². The first kappa shape index (κ1) is 18.4. The van der Waals surface area contributed by atoms with Crippen LogP contribution in [-0.2, 0) is 11.3 Å². The highest BCUT2D eigenvalue weighted by Crippen LogP contribution is 2.12. The Morgan fingerprint density at radius 3 is 2.62 bits per heavy atom. The van der Waals surface area contributed by atoms with Crippen molar-refractivity contribution in [2.24, 2.45) is 0 Å². The molecular weight excluding hydrogens is 420 g/mol. The molecule has 0 aliphatic carbocycles. The molecule has 2 N–H and O–H groups in total.